The van der Waals surface area contributed by atoms with Gasteiger partial charge in [0.2, 0.25) is 0 Å². The van der Waals surface area contributed by atoms with Crippen molar-refractivity contribution in [3.63, 3.8) is 0 Å². The highest BCUT2D eigenvalue weighted by Gasteiger charge is 2.22. The van der Waals surface area contributed by atoms with E-state index in [1.807, 2.05) is 6.92 Å². The van der Waals surface area contributed by atoms with Crippen LogP contribution in [0.25, 0.3) is 28.0 Å². The molecule has 2 aromatic heterocycles. The Morgan fingerprint density at radius 3 is 2.00 bits per heavy atom. The maximum Gasteiger partial charge on any atom is 0.184 e. The number of halogens is 1. The molecule has 0 aliphatic rings. The lowest BCUT2D eigenvalue weighted by molar-refractivity contribution is 0.806. The molecule has 0 amide bonds. The molecule has 0 atom stereocenters. The molecule has 0 bridgehead atoms. The molecule has 2 aromatic carbocycles. The van der Waals surface area contributed by atoms with E-state index in [2.05, 4.69) is 108 Å². The van der Waals surface area contributed by atoms with Gasteiger partial charge in [0, 0.05) is 5.69 Å². The van der Waals surface area contributed by atoms with E-state index in [0.717, 1.165) is 21.6 Å². The van der Waals surface area contributed by atoms with Crippen LogP contribution in [-0.4, -0.2) is 14.5 Å². The molecule has 0 saturated heterocycles. The van der Waals surface area contributed by atoms with Gasteiger partial charge in [-0.05, 0) is 81.2 Å². The fourth-order valence-corrected chi connectivity index (χ4v) is 4.39. The number of hydrogen-bond acceptors (Lipinski definition) is 2. The van der Waals surface area contributed by atoms with Crippen molar-refractivity contribution in [2.24, 2.45) is 0 Å². The third kappa shape index (κ3) is 3.62. The summed E-state index contributed by atoms with van der Waals surface area (Å²) in [6, 6.07) is 19.5. The number of pyridine rings is 1. The maximum atomic E-state index is 4.70. The van der Waals surface area contributed by atoms with Crippen LogP contribution < -0.4 is 0 Å². The highest BCUT2D eigenvalue weighted by molar-refractivity contribution is 9.10. The molecule has 4 heteroatoms. The molecule has 0 N–H and O–H groups in total. The second-order valence-electron chi connectivity index (χ2n) is 8.19. The van der Waals surface area contributed by atoms with E-state index in [-0.39, 0.29) is 0 Å². The van der Waals surface area contributed by atoms with Crippen molar-refractivity contribution >= 4 is 27.1 Å². The number of imidazole rings is 1. The fraction of sp³-hybridized carbons (Fsp3) is 0.280. The lowest BCUT2D eigenvalue weighted by atomic mass is 9.88. The number of fused-ring (bicyclic) bond motifs is 1. The Morgan fingerprint density at radius 1 is 0.793 bits per heavy atom. The van der Waals surface area contributed by atoms with Crippen molar-refractivity contribution in [1.82, 2.24) is 14.5 Å². The van der Waals surface area contributed by atoms with E-state index in [1.165, 1.54) is 27.9 Å². The van der Waals surface area contributed by atoms with Crippen molar-refractivity contribution in [2.45, 2.75) is 46.5 Å². The molecule has 0 unspecified atom stereocenters. The zero-order valence-corrected chi connectivity index (χ0v) is 19.2. The number of rotatable bonds is 4. The fourth-order valence-electron chi connectivity index (χ4n) is 3.86. The highest BCUT2D eigenvalue weighted by Crippen LogP contribution is 2.38. The minimum atomic E-state index is 0.369. The Morgan fingerprint density at radius 2 is 1.41 bits per heavy atom. The lowest BCUT2D eigenvalue weighted by Gasteiger charge is -2.23. The first-order valence-electron chi connectivity index (χ1n) is 10.1. The minimum Gasteiger partial charge on any atom is -0.285 e. The van der Waals surface area contributed by atoms with Gasteiger partial charge >= 0.3 is 0 Å². The molecular weight excluding hydrogens is 422 g/mol. The second-order valence-corrected chi connectivity index (χ2v) is 8.90. The van der Waals surface area contributed by atoms with Crippen LogP contribution >= 0.6 is 15.9 Å². The molecule has 4 rings (SSSR count). The molecule has 29 heavy (non-hydrogen) atoms. The van der Waals surface area contributed by atoms with Crippen molar-refractivity contribution in [1.29, 1.82) is 0 Å². The summed E-state index contributed by atoms with van der Waals surface area (Å²) in [5.41, 5.74) is 9.13. The van der Waals surface area contributed by atoms with Gasteiger partial charge in [0.15, 0.2) is 10.4 Å². The first-order chi connectivity index (χ1) is 13.9. The Hall–Kier alpha value is -2.46. The zero-order valence-electron chi connectivity index (χ0n) is 17.6. The van der Waals surface area contributed by atoms with Crippen molar-refractivity contribution in [3.8, 4) is 16.8 Å². The standard InChI is InChI=1S/C25H26BrN3/c1-15(2)20-13-19(18-9-7-6-8-10-18)14-21(16(3)4)23(20)29-22-12-11-17(5)27-24(22)28-25(29)26/h6-16H,1-5H3. The quantitative estimate of drug-likeness (QED) is 0.326. The normalized spacial score (nSPS) is 11.7. The lowest BCUT2D eigenvalue weighted by Crippen LogP contribution is -2.08. The molecule has 3 nitrogen and oxygen atoms in total. The first-order valence-corrected chi connectivity index (χ1v) is 10.9. The van der Waals surface area contributed by atoms with Crippen LogP contribution in [0, 0.1) is 6.92 Å². The topological polar surface area (TPSA) is 30.7 Å². The van der Waals surface area contributed by atoms with Crippen LogP contribution in [0.5, 0.6) is 0 Å². The predicted molar refractivity (Wildman–Crippen MR) is 125 cm³/mol. The third-order valence-electron chi connectivity index (χ3n) is 5.36. The third-order valence-corrected chi connectivity index (χ3v) is 5.89. The van der Waals surface area contributed by atoms with Crippen LogP contribution in [0.15, 0.2) is 59.3 Å². The number of aryl methyl sites for hydroxylation is 1. The molecular formula is C25H26BrN3. The summed E-state index contributed by atoms with van der Waals surface area (Å²) in [5, 5.41) is 0. The molecule has 0 aliphatic heterocycles. The summed E-state index contributed by atoms with van der Waals surface area (Å²) < 4.78 is 3.02. The molecule has 0 saturated carbocycles. The Labute approximate surface area is 181 Å². The Kier molecular flexibility index (Phi) is 5.30. The molecule has 4 aromatic rings. The first kappa shape index (κ1) is 19.8. The van der Waals surface area contributed by atoms with Gasteiger partial charge in [0.25, 0.3) is 0 Å². The van der Waals surface area contributed by atoms with Crippen LogP contribution in [0.3, 0.4) is 0 Å². The Balaban J connectivity index is 2.07. The SMILES string of the molecule is Cc1ccc2c(n1)nc(Br)n2-c1c(C(C)C)cc(-c2ccccc2)cc1C(C)C. The van der Waals surface area contributed by atoms with E-state index < -0.39 is 0 Å². The molecule has 0 fully saturated rings. The predicted octanol–water partition coefficient (Wildman–Crippen LogP) is 7.41. The van der Waals surface area contributed by atoms with Gasteiger partial charge in [-0.2, -0.15) is 0 Å². The maximum absolute atomic E-state index is 4.70. The van der Waals surface area contributed by atoms with Gasteiger partial charge in [0.05, 0.1) is 11.2 Å². The van der Waals surface area contributed by atoms with Gasteiger partial charge in [-0.1, -0.05) is 58.0 Å². The van der Waals surface area contributed by atoms with E-state index in [0.29, 0.717) is 11.8 Å². The molecule has 0 aliphatic carbocycles. The van der Waals surface area contributed by atoms with Crippen LogP contribution in [0.2, 0.25) is 0 Å². The molecule has 2 heterocycles. The summed E-state index contributed by atoms with van der Waals surface area (Å²) >= 11 is 3.71. The molecule has 0 radical (unpaired) electrons. The van der Waals surface area contributed by atoms with E-state index in [4.69, 9.17) is 4.98 Å². The van der Waals surface area contributed by atoms with Gasteiger partial charge in [0.1, 0.15) is 0 Å². The number of hydrogen-bond donors (Lipinski definition) is 0. The average Bonchev–Trinajstić information content (AvgIpc) is 3.01. The summed E-state index contributed by atoms with van der Waals surface area (Å²) in [6.45, 7) is 11.0. The number of aromatic nitrogens is 3. The van der Waals surface area contributed by atoms with Crippen LogP contribution in [0.4, 0.5) is 0 Å². The van der Waals surface area contributed by atoms with E-state index >= 15 is 0 Å². The second kappa shape index (κ2) is 7.75. The highest BCUT2D eigenvalue weighted by atomic mass is 79.9. The van der Waals surface area contributed by atoms with Gasteiger partial charge in [-0.15, -0.1) is 0 Å². The summed E-state index contributed by atoms with van der Waals surface area (Å²) in [6.07, 6.45) is 0. The summed E-state index contributed by atoms with van der Waals surface area (Å²) in [5.74, 6) is 0.739. The van der Waals surface area contributed by atoms with E-state index in [1.54, 1.807) is 0 Å². The summed E-state index contributed by atoms with van der Waals surface area (Å²) in [7, 11) is 0. The average molecular weight is 448 g/mol. The smallest absolute Gasteiger partial charge is 0.184 e. The molecule has 0 spiro atoms. The number of nitrogens with zero attached hydrogens (tertiary/aromatic N) is 3. The zero-order chi connectivity index (χ0) is 20.7. The molecule has 148 valence electrons. The Bertz CT molecular complexity index is 1140. The van der Waals surface area contributed by atoms with Gasteiger partial charge < -0.3 is 0 Å². The summed E-state index contributed by atoms with van der Waals surface area (Å²) in [4.78, 5) is 9.34. The van der Waals surface area contributed by atoms with E-state index in [9.17, 15) is 0 Å². The van der Waals surface area contributed by atoms with Gasteiger partial charge in [-0.25, -0.2) is 9.97 Å². The van der Waals surface area contributed by atoms with Gasteiger partial charge in [-0.3, -0.25) is 4.57 Å². The van der Waals surface area contributed by atoms with Crippen molar-refractivity contribution < 1.29 is 0 Å². The number of benzene rings is 2. The van der Waals surface area contributed by atoms with Crippen molar-refractivity contribution in [3.05, 3.63) is 76.2 Å². The monoisotopic (exact) mass is 447 g/mol. The van der Waals surface area contributed by atoms with Crippen LogP contribution in [0.1, 0.15) is 56.4 Å². The van der Waals surface area contributed by atoms with Crippen molar-refractivity contribution in [2.75, 3.05) is 0 Å². The minimum absolute atomic E-state index is 0.369. The largest absolute Gasteiger partial charge is 0.285 e. The van der Waals surface area contributed by atoms with Crippen LogP contribution in [-0.2, 0) is 0 Å².